The predicted octanol–water partition coefficient (Wildman–Crippen LogP) is 4.77. The van der Waals surface area contributed by atoms with Crippen LogP contribution in [0.2, 0.25) is 0 Å². The minimum Gasteiger partial charge on any atom is -0.497 e. The molecule has 5 rings (SSSR count). The van der Waals surface area contributed by atoms with Crippen molar-refractivity contribution in [2.24, 2.45) is 0 Å². The summed E-state index contributed by atoms with van der Waals surface area (Å²) in [5, 5.41) is 5.55. The van der Waals surface area contributed by atoms with Gasteiger partial charge in [0.25, 0.3) is 5.56 Å². The number of thioether (sulfide) groups is 2. The summed E-state index contributed by atoms with van der Waals surface area (Å²) < 4.78 is 6.92. The Morgan fingerprint density at radius 2 is 1.97 bits per heavy atom. The van der Waals surface area contributed by atoms with Gasteiger partial charge in [0.05, 0.1) is 29.1 Å². The van der Waals surface area contributed by atoms with E-state index >= 15 is 0 Å². The zero-order valence-electron chi connectivity index (χ0n) is 17.9. The minimum atomic E-state index is -0.155. The number of ether oxygens (including phenoxy) is 1. The van der Waals surface area contributed by atoms with Crippen molar-refractivity contribution in [1.82, 2.24) is 9.55 Å². The van der Waals surface area contributed by atoms with Gasteiger partial charge in [0.2, 0.25) is 5.91 Å². The number of nitrogens with zero attached hydrogens (tertiary/aromatic N) is 2. The number of carbonyl (C=O) groups is 1. The number of aryl methyl sites for hydroxylation is 1. The lowest BCUT2D eigenvalue weighted by Crippen LogP contribution is -2.24. The monoisotopic (exact) mass is 475 g/mol. The first-order chi connectivity index (χ1) is 16.1. The Bertz CT molecular complexity index is 1410. The van der Waals surface area contributed by atoms with Gasteiger partial charge < -0.3 is 10.1 Å². The Kier molecular flexibility index (Phi) is 6.11. The van der Waals surface area contributed by atoms with Crippen LogP contribution < -0.4 is 15.6 Å². The predicted molar refractivity (Wildman–Crippen MR) is 134 cm³/mol. The van der Waals surface area contributed by atoms with Crippen LogP contribution in [0.4, 0.5) is 5.69 Å². The lowest BCUT2D eigenvalue weighted by molar-refractivity contribution is -0.113. The Hall–Kier alpha value is -3.23. The van der Waals surface area contributed by atoms with E-state index in [1.807, 2.05) is 60.7 Å². The van der Waals surface area contributed by atoms with Gasteiger partial charge >= 0.3 is 0 Å². The molecule has 3 aromatic carbocycles. The smallest absolute Gasteiger partial charge is 0.272 e. The molecule has 0 atom stereocenters. The molecule has 0 bridgehead atoms. The number of benzene rings is 3. The van der Waals surface area contributed by atoms with Gasteiger partial charge in [-0.15, -0.1) is 11.8 Å². The molecule has 4 aromatic rings. The van der Waals surface area contributed by atoms with Crippen LogP contribution in [-0.4, -0.2) is 34.1 Å². The molecule has 0 fully saturated rings. The number of carbonyl (C=O) groups excluding carboxylic acids is 1. The van der Waals surface area contributed by atoms with E-state index in [1.54, 1.807) is 17.7 Å². The number of hydrogen-bond donors (Lipinski definition) is 1. The summed E-state index contributed by atoms with van der Waals surface area (Å²) in [7, 11) is 1.59. The van der Waals surface area contributed by atoms with E-state index in [0.717, 1.165) is 34.3 Å². The second-order valence-electron chi connectivity index (χ2n) is 7.47. The van der Waals surface area contributed by atoms with Crippen molar-refractivity contribution >= 4 is 45.9 Å². The molecular formula is C25H21N3O3S2. The third-order valence-corrected chi connectivity index (χ3v) is 7.42. The SMILES string of the molecule is COc1cccc(-n2c(SCC(=O)Nc3cccc4ccccc34)nc3c(c2=O)SCC3)c1. The van der Waals surface area contributed by atoms with Gasteiger partial charge in [-0.3, -0.25) is 14.2 Å². The molecule has 0 spiro atoms. The van der Waals surface area contributed by atoms with E-state index in [9.17, 15) is 9.59 Å². The number of nitrogens with one attached hydrogen (secondary N) is 1. The van der Waals surface area contributed by atoms with Crippen molar-refractivity contribution in [2.45, 2.75) is 16.5 Å². The van der Waals surface area contributed by atoms with E-state index in [1.165, 1.54) is 23.5 Å². The largest absolute Gasteiger partial charge is 0.497 e. The van der Waals surface area contributed by atoms with E-state index in [0.29, 0.717) is 21.5 Å². The molecule has 1 aliphatic rings. The Balaban J connectivity index is 1.44. The first-order valence-electron chi connectivity index (χ1n) is 10.5. The summed E-state index contributed by atoms with van der Waals surface area (Å²) in [5.41, 5.74) is 2.13. The van der Waals surface area contributed by atoms with Crippen molar-refractivity contribution < 1.29 is 9.53 Å². The normalized spacial score (nSPS) is 12.5. The molecule has 8 heteroatoms. The fourth-order valence-corrected chi connectivity index (χ4v) is 5.67. The van der Waals surface area contributed by atoms with Gasteiger partial charge in [-0.1, -0.05) is 54.2 Å². The maximum Gasteiger partial charge on any atom is 0.272 e. The first-order valence-corrected chi connectivity index (χ1v) is 12.4. The molecule has 2 heterocycles. The molecule has 0 saturated carbocycles. The first kappa shape index (κ1) is 21.6. The van der Waals surface area contributed by atoms with Crippen LogP contribution in [0.1, 0.15) is 5.69 Å². The summed E-state index contributed by atoms with van der Waals surface area (Å²) in [5.74, 6) is 1.46. The second kappa shape index (κ2) is 9.33. The average molecular weight is 476 g/mol. The topological polar surface area (TPSA) is 73.2 Å². The third-order valence-electron chi connectivity index (χ3n) is 5.37. The Morgan fingerprint density at radius 1 is 1.15 bits per heavy atom. The fraction of sp³-hybridized carbons (Fsp3) is 0.160. The van der Waals surface area contributed by atoms with Crippen LogP contribution >= 0.6 is 23.5 Å². The standard InChI is InChI=1S/C25H21N3O3S2/c1-31-18-9-5-8-17(14-18)28-24(30)23-21(12-13-32-23)27-25(28)33-15-22(29)26-20-11-4-7-16-6-2-3-10-19(16)20/h2-11,14H,12-13,15H2,1H3,(H,26,29). The number of rotatable bonds is 6. The number of methoxy groups -OCH3 is 1. The Morgan fingerprint density at radius 3 is 2.85 bits per heavy atom. The summed E-state index contributed by atoms with van der Waals surface area (Å²) in [6.07, 6.45) is 0.754. The summed E-state index contributed by atoms with van der Waals surface area (Å²) in [6, 6.07) is 21.1. The molecule has 1 N–H and O–H groups in total. The summed E-state index contributed by atoms with van der Waals surface area (Å²) in [4.78, 5) is 31.6. The van der Waals surface area contributed by atoms with Gasteiger partial charge in [0, 0.05) is 29.3 Å². The van der Waals surface area contributed by atoms with Crippen molar-refractivity contribution in [3.8, 4) is 11.4 Å². The third kappa shape index (κ3) is 4.36. The number of amides is 1. The minimum absolute atomic E-state index is 0.104. The lowest BCUT2D eigenvalue weighted by atomic mass is 10.1. The van der Waals surface area contributed by atoms with Gasteiger partial charge in [0.1, 0.15) is 5.75 Å². The zero-order chi connectivity index (χ0) is 22.8. The maximum atomic E-state index is 13.3. The highest BCUT2D eigenvalue weighted by Gasteiger charge is 2.23. The highest BCUT2D eigenvalue weighted by atomic mass is 32.2. The van der Waals surface area contributed by atoms with Gasteiger partial charge in [0.15, 0.2) is 5.16 Å². The van der Waals surface area contributed by atoms with Gasteiger partial charge in [-0.25, -0.2) is 4.98 Å². The molecule has 0 unspecified atom stereocenters. The van der Waals surface area contributed by atoms with Crippen molar-refractivity contribution in [3.05, 3.63) is 82.8 Å². The number of hydrogen-bond acceptors (Lipinski definition) is 6. The molecule has 166 valence electrons. The Labute approximate surface area is 199 Å². The molecule has 6 nitrogen and oxygen atoms in total. The quantitative estimate of drug-likeness (QED) is 0.320. The summed E-state index contributed by atoms with van der Waals surface area (Å²) >= 11 is 2.79. The average Bonchev–Trinajstić information content (AvgIpc) is 3.32. The number of anilines is 1. The van der Waals surface area contributed by atoms with Crippen LogP contribution in [0.3, 0.4) is 0 Å². The number of aromatic nitrogens is 2. The molecule has 0 aliphatic carbocycles. The second-order valence-corrected chi connectivity index (χ2v) is 9.52. The lowest BCUT2D eigenvalue weighted by Gasteiger charge is -2.14. The number of fused-ring (bicyclic) bond motifs is 2. The molecule has 0 radical (unpaired) electrons. The van der Waals surface area contributed by atoms with Crippen molar-refractivity contribution in [1.29, 1.82) is 0 Å². The fourth-order valence-electron chi connectivity index (χ4n) is 3.82. The van der Waals surface area contributed by atoms with Gasteiger partial charge in [-0.05, 0) is 23.6 Å². The van der Waals surface area contributed by atoms with Crippen molar-refractivity contribution in [2.75, 3.05) is 23.9 Å². The van der Waals surface area contributed by atoms with Crippen molar-refractivity contribution in [3.63, 3.8) is 0 Å². The van der Waals surface area contributed by atoms with E-state index in [-0.39, 0.29) is 17.2 Å². The van der Waals surface area contributed by atoms with E-state index in [4.69, 9.17) is 9.72 Å². The highest BCUT2D eigenvalue weighted by Crippen LogP contribution is 2.31. The van der Waals surface area contributed by atoms with E-state index in [2.05, 4.69) is 5.32 Å². The van der Waals surface area contributed by atoms with Crippen LogP contribution in [0.15, 0.2) is 81.6 Å². The van der Waals surface area contributed by atoms with Crippen LogP contribution in [-0.2, 0) is 11.2 Å². The van der Waals surface area contributed by atoms with Gasteiger partial charge in [-0.2, -0.15) is 0 Å². The van der Waals surface area contributed by atoms with E-state index < -0.39 is 0 Å². The summed E-state index contributed by atoms with van der Waals surface area (Å²) in [6.45, 7) is 0. The molecular weight excluding hydrogens is 454 g/mol. The van der Waals surface area contributed by atoms with Crippen LogP contribution in [0.5, 0.6) is 5.75 Å². The molecule has 1 aliphatic heterocycles. The molecule has 1 amide bonds. The maximum absolute atomic E-state index is 13.3. The highest BCUT2D eigenvalue weighted by molar-refractivity contribution is 8.00. The molecule has 1 aromatic heterocycles. The van der Waals surface area contributed by atoms with Crippen LogP contribution in [0, 0.1) is 0 Å². The van der Waals surface area contributed by atoms with Crippen LogP contribution in [0.25, 0.3) is 16.5 Å². The molecule has 0 saturated heterocycles. The molecule has 33 heavy (non-hydrogen) atoms. The zero-order valence-corrected chi connectivity index (χ0v) is 19.5.